The molecule has 0 bridgehead atoms. The minimum atomic E-state index is -0.208. The monoisotopic (exact) mass is 461 g/mol. The van der Waals surface area contributed by atoms with Gasteiger partial charge in [-0.15, -0.1) is 0 Å². The molecule has 0 saturated carbocycles. The van der Waals surface area contributed by atoms with Crippen LogP contribution in [0.3, 0.4) is 0 Å². The second-order valence-electron chi connectivity index (χ2n) is 7.46. The number of nitrogens with zero attached hydrogens (tertiary/aromatic N) is 1. The molecule has 3 rings (SSSR count). The number of carbonyl (C=O) groups is 2. The fourth-order valence-corrected chi connectivity index (χ4v) is 3.32. The first-order valence-electron chi connectivity index (χ1n) is 11.4. The smallest absolute Gasteiger partial charge is 0.253 e. The topological polar surface area (TPSA) is 79.9 Å². The molecule has 178 valence electrons. The SMILES string of the molecule is CCN(CC)C(=O)c1ccc(NCC(=O)Nc2ccccc2OCCOc2ccccc2)cc1. The third-order valence-corrected chi connectivity index (χ3v) is 5.15. The van der Waals surface area contributed by atoms with Gasteiger partial charge in [-0.1, -0.05) is 30.3 Å². The molecule has 0 aliphatic rings. The number of benzene rings is 3. The first-order valence-corrected chi connectivity index (χ1v) is 11.4. The molecule has 7 nitrogen and oxygen atoms in total. The van der Waals surface area contributed by atoms with Crippen LogP contribution in [0.25, 0.3) is 0 Å². The van der Waals surface area contributed by atoms with Crippen molar-refractivity contribution in [3.63, 3.8) is 0 Å². The normalized spacial score (nSPS) is 10.3. The molecule has 0 aromatic heterocycles. The molecule has 0 aliphatic carbocycles. The van der Waals surface area contributed by atoms with Crippen molar-refractivity contribution in [1.82, 2.24) is 4.90 Å². The van der Waals surface area contributed by atoms with Crippen molar-refractivity contribution in [3.8, 4) is 11.5 Å². The third-order valence-electron chi connectivity index (χ3n) is 5.15. The van der Waals surface area contributed by atoms with E-state index in [2.05, 4.69) is 10.6 Å². The van der Waals surface area contributed by atoms with E-state index >= 15 is 0 Å². The number of para-hydroxylation sites is 3. The lowest BCUT2D eigenvalue weighted by molar-refractivity contribution is -0.114. The molecule has 34 heavy (non-hydrogen) atoms. The molecule has 7 heteroatoms. The van der Waals surface area contributed by atoms with Crippen molar-refractivity contribution in [2.45, 2.75) is 13.8 Å². The molecule has 0 unspecified atom stereocenters. The Labute approximate surface area is 200 Å². The molecule has 3 aromatic carbocycles. The lowest BCUT2D eigenvalue weighted by Crippen LogP contribution is -2.30. The van der Waals surface area contributed by atoms with Crippen LogP contribution in [0.5, 0.6) is 11.5 Å². The fraction of sp³-hybridized carbons (Fsp3) is 0.259. The predicted molar refractivity (Wildman–Crippen MR) is 135 cm³/mol. The Balaban J connectivity index is 1.47. The number of nitrogens with one attached hydrogen (secondary N) is 2. The van der Waals surface area contributed by atoms with Crippen LogP contribution in [0.1, 0.15) is 24.2 Å². The molecule has 0 aliphatic heterocycles. The highest BCUT2D eigenvalue weighted by atomic mass is 16.5. The van der Waals surface area contributed by atoms with Crippen LogP contribution in [0.2, 0.25) is 0 Å². The number of rotatable bonds is 12. The van der Waals surface area contributed by atoms with Gasteiger partial charge in [-0.2, -0.15) is 0 Å². The highest BCUT2D eigenvalue weighted by molar-refractivity contribution is 5.96. The van der Waals surface area contributed by atoms with E-state index in [0.717, 1.165) is 11.4 Å². The maximum absolute atomic E-state index is 12.5. The van der Waals surface area contributed by atoms with E-state index in [-0.39, 0.29) is 18.4 Å². The summed E-state index contributed by atoms with van der Waals surface area (Å²) < 4.78 is 11.4. The highest BCUT2D eigenvalue weighted by Crippen LogP contribution is 2.23. The van der Waals surface area contributed by atoms with E-state index in [0.29, 0.717) is 43.3 Å². The summed E-state index contributed by atoms with van der Waals surface area (Å²) in [6, 6.07) is 23.9. The Morgan fingerprint density at radius 3 is 2.15 bits per heavy atom. The van der Waals surface area contributed by atoms with Gasteiger partial charge in [0, 0.05) is 24.3 Å². The predicted octanol–water partition coefficient (Wildman–Crippen LogP) is 4.68. The van der Waals surface area contributed by atoms with Crippen molar-refractivity contribution >= 4 is 23.2 Å². The van der Waals surface area contributed by atoms with Gasteiger partial charge < -0.3 is 25.0 Å². The molecule has 0 fully saturated rings. The van der Waals surface area contributed by atoms with E-state index in [1.807, 2.05) is 56.3 Å². The molecule has 2 amide bonds. The summed E-state index contributed by atoms with van der Waals surface area (Å²) in [5.41, 5.74) is 1.98. The van der Waals surface area contributed by atoms with Gasteiger partial charge in [0.1, 0.15) is 24.7 Å². The molecule has 0 radical (unpaired) electrons. The number of hydrogen-bond donors (Lipinski definition) is 2. The summed E-state index contributed by atoms with van der Waals surface area (Å²) in [6.07, 6.45) is 0. The third kappa shape index (κ3) is 7.27. The van der Waals surface area contributed by atoms with Gasteiger partial charge in [-0.05, 0) is 62.4 Å². The van der Waals surface area contributed by atoms with E-state index in [1.54, 1.807) is 41.3 Å². The Hall–Kier alpha value is -4.00. The molecule has 0 heterocycles. The van der Waals surface area contributed by atoms with E-state index in [1.165, 1.54) is 0 Å². The van der Waals surface area contributed by atoms with Gasteiger partial charge >= 0.3 is 0 Å². The van der Waals surface area contributed by atoms with Crippen LogP contribution in [-0.4, -0.2) is 49.6 Å². The number of ether oxygens (including phenoxy) is 2. The number of amides is 2. The van der Waals surface area contributed by atoms with Gasteiger partial charge in [0.05, 0.1) is 12.2 Å². The zero-order valence-corrected chi connectivity index (χ0v) is 19.6. The minimum absolute atomic E-state index is 0.0000634. The van der Waals surface area contributed by atoms with Crippen LogP contribution in [0.4, 0.5) is 11.4 Å². The average Bonchev–Trinajstić information content (AvgIpc) is 2.88. The van der Waals surface area contributed by atoms with Crippen molar-refractivity contribution in [1.29, 1.82) is 0 Å². The van der Waals surface area contributed by atoms with Crippen molar-refractivity contribution in [2.24, 2.45) is 0 Å². The second-order valence-corrected chi connectivity index (χ2v) is 7.46. The lowest BCUT2D eigenvalue weighted by atomic mass is 10.1. The molecule has 0 atom stereocenters. The van der Waals surface area contributed by atoms with Crippen molar-refractivity contribution in [2.75, 3.05) is 43.5 Å². The number of carbonyl (C=O) groups excluding carboxylic acids is 2. The lowest BCUT2D eigenvalue weighted by Gasteiger charge is -2.18. The van der Waals surface area contributed by atoms with Gasteiger partial charge in [0.2, 0.25) is 5.91 Å². The summed E-state index contributed by atoms with van der Waals surface area (Å²) in [7, 11) is 0. The van der Waals surface area contributed by atoms with Crippen molar-refractivity contribution in [3.05, 3.63) is 84.4 Å². The largest absolute Gasteiger partial charge is 0.490 e. The highest BCUT2D eigenvalue weighted by Gasteiger charge is 2.12. The maximum Gasteiger partial charge on any atom is 0.253 e. The van der Waals surface area contributed by atoms with Gasteiger partial charge in [-0.25, -0.2) is 0 Å². The summed E-state index contributed by atoms with van der Waals surface area (Å²) in [5.74, 6) is 1.15. The Bertz CT molecular complexity index is 1050. The number of hydrogen-bond acceptors (Lipinski definition) is 5. The van der Waals surface area contributed by atoms with E-state index in [4.69, 9.17) is 9.47 Å². The molecular weight excluding hydrogens is 430 g/mol. The first-order chi connectivity index (χ1) is 16.6. The zero-order valence-electron chi connectivity index (χ0n) is 19.6. The minimum Gasteiger partial charge on any atom is -0.490 e. The van der Waals surface area contributed by atoms with E-state index < -0.39 is 0 Å². The van der Waals surface area contributed by atoms with Crippen LogP contribution < -0.4 is 20.1 Å². The molecular formula is C27H31N3O4. The first kappa shape index (κ1) is 24.6. The summed E-state index contributed by atoms with van der Waals surface area (Å²) >= 11 is 0. The van der Waals surface area contributed by atoms with Gasteiger partial charge in [0.25, 0.3) is 5.91 Å². The standard InChI is InChI=1S/C27H31N3O4/c1-3-30(4-2)27(32)21-14-16-22(17-15-21)28-20-26(31)29-24-12-8-9-13-25(24)34-19-18-33-23-10-6-5-7-11-23/h5-17,28H,3-4,18-20H2,1-2H3,(H,29,31). The summed E-state index contributed by atoms with van der Waals surface area (Å²) in [5, 5.41) is 5.95. The molecule has 3 aromatic rings. The van der Waals surface area contributed by atoms with Crippen LogP contribution in [-0.2, 0) is 4.79 Å². The molecule has 0 spiro atoms. The zero-order chi connectivity index (χ0) is 24.2. The Morgan fingerprint density at radius 1 is 0.794 bits per heavy atom. The van der Waals surface area contributed by atoms with Crippen LogP contribution >= 0.6 is 0 Å². The van der Waals surface area contributed by atoms with Crippen LogP contribution in [0, 0.1) is 0 Å². The Kier molecular flexibility index (Phi) is 9.34. The number of anilines is 2. The quantitative estimate of drug-likeness (QED) is 0.383. The molecule has 2 N–H and O–H groups in total. The second kappa shape index (κ2) is 12.9. The maximum atomic E-state index is 12.5. The van der Waals surface area contributed by atoms with Gasteiger partial charge in [0.15, 0.2) is 0 Å². The average molecular weight is 462 g/mol. The van der Waals surface area contributed by atoms with Crippen LogP contribution in [0.15, 0.2) is 78.9 Å². The van der Waals surface area contributed by atoms with Crippen molar-refractivity contribution < 1.29 is 19.1 Å². The summed E-state index contributed by atoms with van der Waals surface area (Å²) in [4.78, 5) is 26.7. The molecule has 0 saturated heterocycles. The Morgan fingerprint density at radius 2 is 1.44 bits per heavy atom. The van der Waals surface area contributed by atoms with Gasteiger partial charge in [-0.3, -0.25) is 9.59 Å². The fourth-order valence-electron chi connectivity index (χ4n) is 3.32. The summed E-state index contributed by atoms with van der Waals surface area (Å²) in [6.45, 7) is 6.06. The van der Waals surface area contributed by atoms with E-state index in [9.17, 15) is 9.59 Å².